The fourth-order valence-electron chi connectivity index (χ4n) is 2.17. The van der Waals surface area contributed by atoms with Gasteiger partial charge in [0.05, 0.1) is 19.8 Å². The minimum Gasteiger partial charge on any atom is -0.493 e. The van der Waals surface area contributed by atoms with E-state index < -0.39 is 5.97 Å². The number of hydrogen-bond donors (Lipinski definition) is 0. The first-order chi connectivity index (χ1) is 12.9. The molecule has 0 aromatic heterocycles. The summed E-state index contributed by atoms with van der Waals surface area (Å²) in [6.07, 6.45) is 5.44. The topological polar surface area (TPSA) is 71.1 Å². The van der Waals surface area contributed by atoms with Gasteiger partial charge in [-0.3, -0.25) is 4.79 Å². The molecule has 148 valence electrons. The Hall–Kier alpha value is -2.76. The zero-order chi connectivity index (χ0) is 20.2. The minimum atomic E-state index is -0.508. The van der Waals surface area contributed by atoms with Crippen LogP contribution in [0.3, 0.4) is 0 Å². The Morgan fingerprint density at radius 2 is 1.78 bits per heavy atom. The van der Waals surface area contributed by atoms with E-state index in [1.807, 2.05) is 32.1 Å². The number of esters is 2. The van der Waals surface area contributed by atoms with Crippen molar-refractivity contribution in [3.8, 4) is 11.5 Å². The number of carbonyl (C=O) groups is 2. The lowest BCUT2D eigenvalue weighted by Gasteiger charge is -2.09. The van der Waals surface area contributed by atoms with Crippen molar-refractivity contribution in [1.29, 1.82) is 0 Å². The van der Waals surface area contributed by atoms with Crippen molar-refractivity contribution < 1.29 is 28.5 Å². The van der Waals surface area contributed by atoms with Crippen LogP contribution in [0.5, 0.6) is 11.5 Å². The lowest BCUT2D eigenvalue weighted by atomic mass is 10.1. The first kappa shape index (κ1) is 22.3. The van der Waals surface area contributed by atoms with Gasteiger partial charge in [-0.25, -0.2) is 4.79 Å². The van der Waals surface area contributed by atoms with Crippen molar-refractivity contribution in [2.45, 2.75) is 27.2 Å². The summed E-state index contributed by atoms with van der Waals surface area (Å²) in [6.45, 7) is 5.57. The highest BCUT2D eigenvalue weighted by molar-refractivity contribution is 5.89. The van der Waals surface area contributed by atoms with Crippen LogP contribution in [0, 0.1) is 5.92 Å². The molecular weight excluding hydrogens is 348 g/mol. The van der Waals surface area contributed by atoms with Gasteiger partial charge < -0.3 is 18.9 Å². The Morgan fingerprint density at radius 1 is 1.07 bits per heavy atom. The molecule has 0 aliphatic rings. The monoisotopic (exact) mass is 376 g/mol. The Balaban J connectivity index is 2.51. The summed E-state index contributed by atoms with van der Waals surface area (Å²) < 4.78 is 20.7. The van der Waals surface area contributed by atoms with Gasteiger partial charge in [0.25, 0.3) is 0 Å². The number of benzene rings is 1. The molecule has 0 saturated carbocycles. The molecule has 0 amide bonds. The third kappa shape index (κ3) is 7.98. The van der Waals surface area contributed by atoms with Gasteiger partial charge in [0.15, 0.2) is 11.5 Å². The average molecular weight is 376 g/mol. The predicted octanol–water partition coefficient (Wildman–Crippen LogP) is 3.80. The maximum absolute atomic E-state index is 12.1. The second kappa shape index (κ2) is 11.8. The SMILES string of the molecule is C/C=C(/COC(=O)CC(C)C)C(=O)OC/C=C/c1ccc(OC)c(OC)c1. The number of methoxy groups -OCH3 is 2. The highest BCUT2D eigenvalue weighted by atomic mass is 16.5. The van der Waals surface area contributed by atoms with Crippen molar-refractivity contribution in [3.63, 3.8) is 0 Å². The lowest BCUT2D eigenvalue weighted by Crippen LogP contribution is -2.16. The molecule has 0 heterocycles. The Bertz CT molecular complexity index is 688. The van der Waals surface area contributed by atoms with Gasteiger partial charge in [-0.05, 0) is 36.6 Å². The Kier molecular flexibility index (Phi) is 9.72. The van der Waals surface area contributed by atoms with E-state index in [9.17, 15) is 9.59 Å². The lowest BCUT2D eigenvalue weighted by molar-refractivity contribution is -0.145. The van der Waals surface area contributed by atoms with Gasteiger partial charge in [0.1, 0.15) is 13.2 Å². The van der Waals surface area contributed by atoms with E-state index in [0.29, 0.717) is 23.5 Å². The first-order valence-electron chi connectivity index (χ1n) is 8.77. The highest BCUT2D eigenvalue weighted by Crippen LogP contribution is 2.27. The van der Waals surface area contributed by atoms with Gasteiger partial charge in [-0.1, -0.05) is 32.1 Å². The van der Waals surface area contributed by atoms with Crippen molar-refractivity contribution in [2.75, 3.05) is 27.4 Å². The summed E-state index contributed by atoms with van der Waals surface area (Å²) in [5, 5.41) is 0. The zero-order valence-corrected chi connectivity index (χ0v) is 16.6. The first-order valence-corrected chi connectivity index (χ1v) is 8.77. The van der Waals surface area contributed by atoms with Crippen molar-refractivity contribution in [3.05, 3.63) is 41.5 Å². The number of rotatable bonds is 10. The summed E-state index contributed by atoms with van der Waals surface area (Å²) in [4.78, 5) is 23.6. The smallest absolute Gasteiger partial charge is 0.337 e. The maximum Gasteiger partial charge on any atom is 0.337 e. The summed E-state index contributed by atoms with van der Waals surface area (Å²) >= 11 is 0. The molecule has 0 radical (unpaired) electrons. The average Bonchev–Trinajstić information content (AvgIpc) is 2.64. The van der Waals surface area contributed by atoms with E-state index in [2.05, 4.69) is 0 Å². The molecule has 1 aromatic carbocycles. The molecule has 0 saturated heterocycles. The third-order valence-electron chi connectivity index (χ3n) is 3.60. The maximum atomic E-state index is 12.1. The van der Waals surface area contributed by atoms with Crippen molar-refractivity contribution in [2.24, 2.45) is 5.92 Å². The highest BCUT2D eigenvalue weighted by Gasteiger charge is 2.13. The van der Waals surface area contributed by atoms with E-state index in [-0.39, 0.29) is 25.1 Å². The standard InChI is InChI=1S/C21H28O6/c1-6-17(14-27-20(22)12-15(2)3)21(23)26-11-7-8-16-9-10-18(24-4)19(13-16)25-5/h6-10,13,15H,11-12,14H2,1-5H3/b8-7+,17-6-. The summed E-state index contributed by atoms with van der Waals surface area (Å²) in [5.41, 5.74) is 1.20. The Morgan fingerprint density at radius 3 is 2.37 bits per heavy atom. The summed E-state index contributed by atoms with van der Waals surface area (Å²) in [7, 11) is 3.14. The molecule has 6 heteroatoms. The second-order valence-corrected chi connectivity index (χ2v) is 6.19. The van der Waals surface area contributed by atoms with Crippen LogP contribution in [-0.4, -0.2) is 39.4 Å². The fraction of sp³-hybridized carbons (Fsp3) is 0.429. The van der Waals surface area contributed by atoms with E-state index in [1.165, 1.54) is 0 Å². The molecule has 6 nitrogen and oxygen atoms in total. The molecule has 1 aromatic rings. The van der Waals surface area contributed by atoms with E-state index in [0.717, 1.165) is 5.56 Å². The molecule has 0 fully saturated rings. The van der Waals surface area contributed by atoms with Gasteiger partial charge in [0, 0.05) is 6.42 Å². The van der Waals surface area contributed by atoms with E-state index in [1.54, 1.807) is 39.4 Å². The van der Waals surface area contributed by atoms with Crippen LogP contribution < -0.4 is 9.47 Å². The minimum absolute atomic E-state index is 0.0831. The van der Waals surface area contributed by atoms with Crippen LogP contribution >= 0.6 is 0 Å². The van der Waals surface area contributed by atoms with Gasteiger partial charge in [-0.2, -0.15) is 0 Å². The third-order valence-corrected chi connectivity index (χ3v) is 3.60. The molecule has 0 unspecified atom stereocenters. The van der Waals surface area contributed by atoms with Crippen LogP contribution in [0.25, 0.3) is 6.08 Å². The number of allylic oxidation sites excluding steroid dienone is 1. The second-order valence-electron chi connectivity index (χ2n) is 6.19. The van der Waals surface area contributed by atoms with Gasteiger partial charge in [-0.15, -0.1) is 0 Å². The van der Waals surface area contributed by atoms with Crippen molar-refractivity contribution in [1.82, 2.24) is 0 Å². The van der Waals surface area contributed by atoms with E-state index in [4.69, 9.17) is 18.9 Å². The van der Waals surface area contributed by atoms with Gasteiger partial charge >= 0.3 is 11.9 Å². The normalized spacial score (nSPS) is 11.6. The van der Waals surface area contributed by atoms with Crippen LogP contribution in [0.1, 0.15) is 32.8 Å². The van der Waals surface area contributed by atoms with Crippen LogP contribution in [0.2, 0.25) is 0 Å². The van der Waals surface area contributed by atoms with Crippen molar-refractivity contribution >= 4 is 18.0 Å². The van der Waals surface area contributed by atoms with Crippen LogP contribution in [0.4, 0.5) is 0 Å². The van der Waals surface area contributed by atoms with Crippen LogP contribution in [0.15, 0.2) is 35.9 Å². The molecule has 0 aliphatic heterocycles. The molecule has 0 atom stereocenters. The molecule has 27 heavy (non-hydrogen) atoms. The number of carbonyl (C=O) groups excluding carboxylic acids is 2. The predicted molar refractivity (Wildman–Crippen MR) is 104 cm³/mol. The van der Waals surface area contributed by atoms with E-state index >= 15 is 0 Å². The zero-order valence-electron chi connectivity index (χ0n) is 16.6. The Labute approximate surface area is 160 Å². The quantitative estimate of drug-likeness (QED) is 0.457. The largest absolute Gasteiger partial charge is 0.493 e. The molecule has 0 spiro atoms. The number of ether oxygens (including phenoxy) is 4. The van der Waals surface area contributed by atoms with Gasteiger partial charge in [0.2, 0.25) is 0 Å². The fourth-order valence-corrected chi connectivity index (χ4v) is 2.17. The molecule has 0 aliphatic carbocycles. The molecule has 0 N–H and O–H groups in total. The molecule has 1 rings (SSSR count). The summed E-state index contributed by atoms with van der Waals surface area (Å²) in [6, 6.07) is 5.49. The number of hydrogen-bond acceptors (Lipinski definition) is 6. The van der Waals surface area contributed by atoms with Crippen LogP contribution in [-0.2, 0) is 19.1 Å². The molecule has 0 bridgehead atoms. The molecular formula is C21H28O6. The summed E-state index contributed by atoms with van der Waals surface area (Å²) in [5.74, 6) is 0.638.